The molecule has 0 heterocycles. The van der Waals surface area contributed by atoms with Gasteiger partial charge in [-0.3, -0.25) is 9.59 Å². The molecule has 0 aliphatic carbocycles. The first-order chi connectivity index (χ1) is 14.2. The second-order valence-electron chi connectivity index (χ2n) is 7.72. The van der Waals surface area contributed by atoms with Gasteiger partial charge in [-0.05, 0) is 69.0 Å². The standard InChI is InChI=1S/C24H31FN2O3/c1-6-21(24(29)26-16(2)3)27(14-19-10-12-20(25)13-11-19)23(28)15-30-22-9-7-8-17(4)18(22)5/h7-13,16,21H,6,14-15H2,1-5H3,(H,26,29). The molecule has 6 heteroatoms. The van der Waals surface area contributed by atoms with Gasteiger partial charge in [0.05, 0.1) is 0 Å². The van der Waals surface area contributed by atoms with Gasteiger partial charge in [0.2, 0.25) is 5.91 Å². The molecule has 2 aromatic rings. The van der Waals surface area contributed by atoms with E-state index in [0.29, 0.717) is 12.2 Å². The van der Waals surface area contributed by atoms with E-state index in [-0.39, 0.29) is 36.8 Å². The Morgan fingerprint density at radius 3 is 2.37 bits per heavy atom. The fourth-order valence-electron chi connectivity index (χ4n) is 3.19. The number of aryl methyl sites for hydroxylation is 1. The van der Waals surface area contributed by atoms with E-state index in [2.05, 4.69) is 5.32 Å². The summed E-state index contributed by atoms with van der Waals surface area (Å²) in [6, 6.07) is 10.9. The molecule has 0 aliphatic rings. The molecule has 1 atom stereocenters. The van der Waals surface area contributed by atoms with E-state index in [1.54, 1.807) is 12.1 Å². The lowest BCUT2D eigenvalue weighted by molar-refractivity contribution is -0.143. The Labute approximate surface area is 178 Å². The Hall–Kier alpha value is -2.89. The van der Waals surface area contributed by atoms with E-state index >= 15 is 0 Å². The second-order valence-corrected chi connectivity index (χ2v) is 7.72. The molecule has 0 saturated heterocycles. The van der Waals surface area contributed by atoms with Crippen molar-refractivity contribution >= 4 is 11.8 Å². The molecule has 0 fully saturated rings. The maximum atomic E-state index is 13.3. The van der Waals surface area contributed by atoms with Crippen LogP contribution in [0.5, 0.6) is 5.75 Å². The molecule has 0 radical (unpaired) electrons. The van der Waals surface area contributed by atoms with Gasteiger partial charge >= 0.3 is 0 Å². The van der Waals surface area contributed by atoms with Crippen molar-refractivity contribution in [2.24, 2.45) is 0 Å². The van der Waals surface area contributed by atoms with Gasteiger partial charge in [-0.2, -0.15) is 0 Å². The van der Waals surface area contributed by atoms with Crippen molar-refractivity contribution in [2.45, 2.75) is 59.7 Å². The van der Waals surface area contributed by atoms with Gasteiger partial charge in [-0.15, -0.1) is 0 Å². The van der Waals surface area contributed by atoms with Gasteiger partial charge in [-0.25, -0.2) is 4.39 Å². The largest absolute Gasteiger partial charge is 0.483 e. The van der Waals surface area contributed by atoms with Gasteiger partial charge in [0.15, 0.2) is 6.61 Å². The SMILES string of the molecule is CCC(C(=O)NC(C)C)N(Cc1ccc(F)cc1)C(=O)COc1cccc(C)c1C. The van der Waals surface area contributed by atoms with Crippen LogP contribution in [0.2, 0.25) is 0 Å². The maximum Gasteiger partial charge on any atom is 0.261 e. The van der Waals surface area contributed by atoms with Gasteiger partial charge in [0.1, 0.15) is 17.6 Å². The maximum absolute atomic E-state index is 13.3. The summed E-state index contributed by atoms with van der Waals surface area (Å²) in [5.74, 6) is -0.218. The van der Waals surface area contributed by atoms with Crippen LogP contribution in [0.15, 0.2) is 42.5 Å². The van der Waals surface area contributed by atoms with Crippen LogP contribution in [0.1, 0.15) is 43.9 Å². The van der Waals surface area contributed by atoms with Crippen LogP contribution in [-0.2, 0) is 16.1 Å². The molecule has 0 spiro atoms. The number of hydrogen-bond donors (Lipinski definition) is 1. The van der Waals surface area contributed by atoms with Gasteiger partial charge in [0, 0.05) is 12.6 Å². The first-order valence-electron chi connectivity index (χ1n) is 10.3. The molecule has 1 N–H and O–H groups in total. The summed E-state index contributed by atoms with van der Waals surface area (Å²) in [6.45, 7) is 9.54. The summed E-state index contributed by atoms with van der Waals surface area (Å²) < 4.78 is 19.1. The Kier molecular flexibility index (Phi) is 8.39. The highest BCUT2D eigenvalue weighted by Gasteiger charge is 2.29. The number of carbonyl (C=O) groups is 2. The van der Waals surface area contributed by atoms with Crippen LogP contribution >= 0.6 is 0 Å². The summed E-state index contributed by atoms with van der Waals surface area (Å²) in [5.41, 5.74) is 2.79. The van der Waals surface area contributed by atoms with Gasteiger partial charge < -0.3 is 15.0 Å². The first kappa shape index (κ1) is 23.4. The molecule has 0 bridgehead atoms. The lowest BCUT2D eigenvalue weighted by Gasteiger charge is -2.31. The minimum Gasteiger partial charge on any atom is -0.483 e. The van der Waals surface area contributed by atoms with Crippen molar-refractivity contribution < 1.29 is 18.7 Å². The summed E-state index contributed by atoms with van der Waals surface area (Å²) in [5, 5.41) is 2.88. The number of halogens is 1. The number of nitrogens with one attached hydrogen (secondary N) is 1. The summed E-state index contributed by atoms with van der Waals surface area (Å²) in [6.07, 6.45) is 0.453. The quantitative estimate of drug-likeness (QED) is 0.671. The summed E-state index contributed by atoms with van der Waals surface area (Å²) >= 11 is 0. The zero-order valence-corrected chi connectivity index (χ0v) is 18.4. The molecule has 2 aromatic carbocycles. The highest BCUT2D eigenvalue weighted by atomic mass is 19.1. The Morgan fingerprint density at radius 2 is 1.77 bits per heavy atom. The lowest BCUT2D eigenvalue weighted by atomic mass is 10.1. The van der Waals surface area contributed by atoms with E-state index in [1.165, 1.54) is 17.0 Å². The zero-order chi connectivity index (χ0) is 22.3. The number of hydrogen-bond acceptors (Lipinski definition) is 3. The Bertz CT molecular complexity index is 865. The van der Waals surface area contributed by atoms with Crippen molar-refractivity contribution in [3.63, 3.8) is 0 Å². The van der Waals surface area contributed by atoms with Crippen molar-refractivity contribution in [1.82, 2.24) is 10.2 Å². The van der Waals surface area contributed by atoms with Crippen LogP contribution in [0, 0.1) is 19.7 Å². The van der Waals surface area contributed by atoms with Crippen molar-refractivity contribution in [1.29, 1.82) is 0 Å². The van der Waals surface area contributed by atoms with Crippen LogP contribution in [0.4, 0.5) is 4.39 Å². The number of nitrogens with zero attached hydrogens (tertiary/aromatic N) is 1. The van der Waals surface area contributed by atoms with Crippen molar-refractivity contribution in [3.8, 4) is 5.75 Å². The molecule has 162 valence electrons. The van der Waals surface area contributed by atoms with Gasteiger partial charge in [0.25, 0.3) is 5.91 Å². The van der Waals surface area contributed by atoms with E-state index in [1.807, 2.05) is 52.8 Å². The van der Waals surface area contributed by atoms with Crippen LogP contribution in [0.25, 0.3) is 0 Å². The normalized spacial score (nSPS) is 11.8. The van der Waals surface area contributed by atoms with Gasteiger partial charge in [-0.1, -0.05) is 31.2 Å². The number of carbonyl (C=O) groups excluding carboxylic acids is 2. The monoisotopic (exact) mass is 414 g/mol. The van der Waals surface area contributed by atoms with E-state index in [4.69, 9.17) is 4.74 Å². The third kappa shape index (κ3) is 6.31. The fourth-order valence-corrected chi connectivity index (χ4v) is 3.19. The number of benzene rings is 2. The fraction of sp³-hybridized carbons (Fsp3) is 0.417. The molecule has 5 nitrogen and oxygen atoms in total. The van der Waals surface area contributed by atoms with E-state index in [0.717, 1.165) is 16.7 Å². The second kappa shape index (κ2) is 10.8. The van der Waals surface area contributed by atoms with Crippen LogP contribution in [0.3, 0.4) is 0 Å². The molecular formula is C24H31FN2O3. The topological polar surface area (TPSA) is 58.6 Å². The number of rotatable bonds is 9. The van der Waals surface area contributed by atoms with Crippen molar-refractivity contribution in [3.05, 3.63) is 65.0 Å². The predicted octanol–water partition coefficient (Wildman–Crippen LogP) is 4.15. The summed E-state index contributed by atoms with van der Waals surface area (Å²) in [7, 11) is 0. The van der Waals surface area contributed by atoms with Crippen molar-refractivity contribution in [2.75, 3.05) is 6.61 Å². The minimum atomic E-state index is -0.646. The lowest BCUT2D eigenvalue weighted by Crippen LogP contribution is -2.51. The summed E-state index contributed by atoms with van der Waals surface area (Å²) in [4.78, 5) is 27.4. The number of amides is 2. The average Bonchev–Trinajstić information content (AvgIpc) is 2.69. The number of ether oxygens (including phenoxy) is 1. The smallest absolute Gasteiger partial charge is 0.261 e. The average molecular weight is 415 g/mol. The Balaban J connectivity index is 2.23. The zero-order valence-electron chi connectivity index (χ0n) is 18.4. The third-order valence-electron chi connectivity index (χ3n) is 4.99. The highest BCUT2D eigenvalue weighted by molar-refractivity contribution is 5.88. The molecule has 2 rings (SSSR count). The third-order valence-corrected chi connectivity index (χ3v) is 4.99. The molecule has 0 aliphatic heterocycles. The Morgan fingerprint density at radius 1 is 1.10 bits per heavy atom. The van der Waals surface area contributed by atoms with Crippen LogP contribution in [-0.4, -0.2) is 35.4 Å². The molecule has 0 aromatic heterocycles. The molecule has 2 amide bonds. The first-order valence-corrected chi connectivity index (χ1v) is 10.3. The minimum absolute atomic E-state index is 0.0412. The van der Waals surface area contributed by atoms with E-state index < -0.39 is 6.04 Å². The van der Waals surface area contributed by atoms with Crippen LogP contribution < -0.4 is 10.1 Å². The molecule has 1 unspecified atom stereocenters. The van der Waals surface area contributed by atoms with E-state index in [9.17, 15) is 14.0 Å². The molecule has 30 heavy (non-hydrogen) atoms. The molecule has 0 saturated carbocycles. The highest BCUT2D eigenvalue weighted by Crippen LogP contribution is 2.21. The predicted molar refractivity (Wildman–Crippen MR) is 116 cm³/mol. The molecular weight excluding hydrogens is 383 g/mol.